The first-order valence-electron chi connectivity index (χ1n) is 32.7. The lowest BCUT2D eigenvalue weighted by atomic mass is 9.95. The van der Waals surface area contributed by atoms with Crippen molar-refractivity contribution in [3.8, 4) is 11.5 Å². The Morgan fingerprint density at radius 1 is 0.430 bits per heavy atom. The van der Waals surface area contributed by atoms with Crippen LogP contribution in [0.4, 0.5) is 0 Å². The van der Waals surface area contributed by atoms with E-state index in [-0.39, 0.29) is 46.9 Å². The van der Waals surface area contributed by atoms with E-state index in [0.29, 0.717) is 109 Å². The van der Waals surface area contributed by atoms with Crippen LogP contribution in [0.1, 0.15) is 188 Å². The summed E-state index contributed by atoms with van der Waals surface area (Å²) in [5, 5.41) is 11.3. The molecule has 0 N–H and O–H groups in total. The summed E-state index contributed by atoms with van der Waals surface area (Å²) >= 11 is 0. The van der Waals surface area contributed by atoms with Gasteiger partial charge in [0.05, 0.1) is 6.61 Å². The number of rotatable bonds is 34. The summed E-state index contributed by atoms with van der Waals surface area (Å²) in [6.07, 6.45) is 16.1. The van der Waals surface area contributed by atoms with Crippen molar-refractivity contribution < 1.29 is 67.2 Å². The Kier molecular flexibility index (Phi) is 23.4. The number of ketones is 4. The van der Waals surface area contributed by atoms with Crippen LogP contribution >= 0.6 is 0 Å². The number of fused-ring (bicyclic) bond motifs is 6. The zero-order valence-corrected chi connectivity index (χ0v) is 53.7. The standard InChI is InChI=1S/C75H82N4O14/c1-49(80)91-76-65(43-51-17-10-11-18-51)74(85)57-28-36-69-63(47-57)61-45-55(26-34-67(61)78(69)38-15-40-87-3)72(83)53-22-30-59(31-23-53)90-71(82)21-9-7-5-6-8-14-42-89-93-60-32-24-54(25-33-60)73(84)56-27-35-68-62(46-56)64-48-58(29-37-70(64)79(68)39-16-41-88-4)75(86)66(77-92-50(2)81)44-52-19-12-13-20-52/h22-37,45-48,51-52H,5-21,38-44H2,1-4H3/b76-65+,77-66+. The number of methoxy groups -OCH3 is 2. The third-order valence-electron chi connectivity index (χ3n) is 17.7. The van der Waals surface area contributed by atoms with Gasteiger partial charge in [0.1, 0.15) is 17.2 Å². The Morgan fingerprint density at radius 2 is 0.806 bits per heavy atom. The summed E-state index contributed by atoms with van der Waals surface area (Å²) in [5.41, 5.74) is 6.80. The van der Waals surface area contributed by atoms with Gasteiger partial charge in [0.15, 0.2) is 17.3 Å². The van der Waals surface area contributed by atoms with E-state index >= 15 is 0 Å². The minimum Gasteiger partial charge on any atom is -0.427 e. The van der Waals surface area contributed by atoms with Gasteiger partial charge in [0.2, 0.25) is 11.6 Å². The summed E-state index contributed by atoms with van der Waals surface area (Å²) in [6, 6.07) is 35.7. The van der Waals surface area contributed by atoms with Crippen LogP contribution in [0.5, 0.6) is 11.5 Å². The number of unbranched alkanes of at least 4 members (excludes halogenated alkanes) is 5. The summed E-state index contributed by atoms with van der Waals surface area (Å²) in [7, 11) is 3.34. The number of carbonyl (C=O) groups is 7. The molecule has 2 aromatic heterocycles. The van der Waals surface area contributed by atoms with Crippen LogP contribution in [0.3, 0.4) is 0 Å². The van der Waals surface area contributed by atoms with Crippen molar-refractivity contribution in [1.82, 2.24) is 9.13 Å². The third kappa shape index (κ3) is 17.2. The number of hydrogen-bond acceptors (Lipinski definition) is 16. The molecule has 0 saturated heterocycles. The first kappa shape index (κ1) is 66.9. The molecule has 0 radical (unpaired) electrons. The Hall–Kier alpha value is -8.97. The molecular formula is C75H82N4O14. The maximum Gasteiger partial charge on any atom is 0.331 e. The molecule has 0 aliphatic heterocycles. The van der Waals surface area contributed by atoms with Crippen LogP contribution in [0.2, 0.25) is 0 Å². The smallest absolute Gasteiger partial charge is 0.331 e. The SMILES string of the molecule is COCCCn1c2ccc(C(=O)/C(CC3CCCC3)=N/OC(C)=O)cc2c2cc(C(=O)c3ccc(OOCCCCCCCCC(=O)Oc4ccc(C(=O)c5ccc6c(c5)c5cc(C(=O)/C(CC7CCCC7)=N/OC(C)=O)ccc5n6CCCOC)cc4)cc3)ccc21. The van der Waals surface area contributed by atoms with E-state index in [1.807, 2.05) is 54.6 Å². The topological polar surface area (TPSA) is 219 Å². The Labute approximate surface area is 541 Å². The van der Waals surface area contributed by atoms with Crippen molar-refractivity contribution in [2.45, 2.75) is 149 Å². The van der Waals surface area contributed by atoms with Gasteiger partial charge >= 0.3 is 17.9 Å². The molecule has 0 spiro atoms. The number of benzene rings is 6. The molecular weight excluding hydrogens is 1180 g/mol. The molecule has 18 nitrogen and oxygen atoms in total. The molecule has 18 heteroatoms. The monoisotopic (exact) mass is 1260 g/mol. The average molecular weight is 1260 g/mol. The average Bonchev–Trinajstić information content (AvgIpc) is 1.71. The van der Waals surface area contributed by atoms with Crippen LogP contribution in [-0.4, -0.2) is 95.6 Å². The lowest BCUT2D eigenvalue weighted by Crippen LogP contribution is -2.19. The minimum absolute atomic E-state index is 0.173. The van der Waals surface area contributed by atoms with E-state index in [0.717, 1.165) is 140 Å². The van der Waals surface area contributed by atoms with Crippen LogP contribution < -0.4 is 9.62 Å². The Bertz CT molecular complexity index is 4070. The molecule has 2 aliphatic rings. The summed E-state index contributed by atoms with van der Waals surface area (Å²) in [5.74, 6) is -1.08. The highest BCUT2D eigenvalue weighted by atomic mass is 17.2. The molecule has 2 saturated carbocycles. The number of Topliss-reactive ketones (excluding diaryl/α,β-unsaturated/α-hetero) is 2. The lowest BCUT2D eigenvalue weighted by molar-refractivity contribution is -0.207. The van der Waals surface area contributed by atoms with Crippen LogP contribution in [0.15, 0.2) is 132 Å². The number of oxime groups is 2. The van der Waals surface area contributed by atoms with Crippen molar-refractivity contribution in [1.29, 1.82) is 0 Å². The molecule has 93 heavy (non-hydrogen) atoms. The van der Waals surface area contributed by atoms with Gasteiger partial charge in [-0.25, -0.2) is 9.59 Å². The molecule has 0 amide bonds. The number of aryl methyl sites for hydroxylation is 2. The second kappa shape index (κ2) is 32.5. The van der Waals surface area contributed by atoms with Crippen LogP contribution in [0.25, 0.3) is 43.6 Å². The fourth-order valence-corrected chi connectivity index (χ4v) is 13.0. The maximum absolute atomic E-state index is 14.0. The van der Waals surface area contributed by atoms with Crippen molar-refractivity contribution in [2.24, 2.45) is 22.1 Å². The quantitative estimate of drug-likeness (QED) is 0.00535. The Morgan fingerprint density at radius 3 is 1.23 bits per heavy atom. The van der Waals surface area contributed by atoms with Gasteiger partial charge < -0.3 is 37.9 Å². The number of esters is 1. The highest BCUT2D eigenvalue weighted by molar-refractivity contribution is 6.47. The highest BCUT2D eigenvalue weighted by Crippen LogP contribution is 2.36. The van der Waals surface area contributed by atoms with E-state index in [9.17, 15) is 33.6 Å². The molecule has 0 bridgehead atoms. The Balaban J connectivity index is 0.667. The number of hydrogen-bond donors (Lipinski definition) is 0. The van der Waals surface area contributed by atoms with Gasteiger partial charge in [0, 0.05) is 138 Å². The summed E-state index contributed by atoms with van der Waals surface area (Å²) in [4.78, 5) is 114. The van der Waals surface area contributed by atoms with Gasteiger partial charge in [-0.05, 0) is 172 Å². The fourth-order valence-electron chi connectivity index (χ4n) is 13.0. The van der Waals surface area contributed by atoms with Crippen molar-refractivity contribution >= 4 is 96.1 Å². The second-order valence-electron chi connectivity index (χ2n) is 24.5. The predicted octanol–water partition coefficient (Wildman–Crippen LogP) is 15.4. The number of aromatic nitrogens is 2. The van der Waals surface area contributed by atoms with Gasteiger partial charge in [0.25, 0.3) is 0 Å². The van der Waals surface area contributed by atoms with Gasteiger partial charge in [-0.2, -0.15) is 4.89 Å². The zero-order valence-electron chi connectivity index (χ0n) is 53.7. The summed E-state index contributed by atoms with van der Waals surface area (Å²) in [6.45, 7) is 5.36. The van der Waals surface area contributed by atoms with E-state index in [2.05, 4.69) is 19.4 Å². The molecule has 2 heterocycles. The summed E-state index contributed by atoms with van der Waals surface area (Å²) < 4.78 is 20.7. The van der Waals surface area contributed by atoms with Crippen LogP contribution in [-0.2, 0) is 51.5 Å². The number of carbonyl (C=O) groups excluding carboxylic acids is 7. The second-order valence-corrected chi connectivity index (χ2v) is 24.5. The third-order valence-corrected chi connectivity index (χ3v) is 17.7. The zero-order chi connectivity index (χ0) is 65.2. The molecule has 0 unspecified atom stereocenters. The first-order valence-corrected chi connectivity index (χ1v) is 32.7. The maximum atomic E-state index is 14.0. The molecule has 8 aromatic rings. The lowest BCUT2D eigenvalue weighted by Gasteiger charge is -2.11. The van der Waals surface area contributed by atoms with Crippen molar-refractivity contribution in [2.75, 3.05) is 34.0 Å². The number of ether oxygens (including phenoxy) is 3. The highest BCUT2D eigenvalue weighted by Gasteiger charge is 2.27. The predicted molar refractivity (Wildman–Crippen MR) is 356 cm³/mol. The molecule has 6 aromatic carbocycles. The van der Waals surface area contributed by atoms with E-state index in [1.165, 1.54) is 13.8 Å². The normalized spacial score (nSPS) is 14.0. The van der Waals surface area contributed by atoms with Gasteiger partial charge in [-0.1, -0.05) is 87.4 Å². The molecule has 486 valence electrons. The van der Waals surface area contributed by atoms with Crippen molar-refractivity contribution in [3.63, 3.8) is 0 Å². The largest absolute Gasteiger partial charge is 0.427 e. The van der Waals surface area contributed by atoms with E-state index in [4.69, 9.17) is 33.7 Å². The van der Waals surface area contributed by atoms with Gasteiger partial charge in [-0.15, -0.1) is 0 Å². The first-order chi connectivity index (χ1) is 45.3. The molecule has 2 fully saturated rings. The van der Waals surface area contributed by atoms with E-state index < -0.39 is 11.9 Å². The fraction of sp³-hybridized carbons (Fsp3) is 0.400. The molecule has 0 atom stereocenters. The number of nitrogens with zero attached hydrogens (tertiary/aromatic N) is 4. The molecule has 10 rings (SSSR count). The molecule has 2 aliphatic carbocycles. The minimum atomic E-state index is -0.591. The van der Waals surface area contributed by atoms with Crippen molar-refractivity contribution in [3.05, 3.63) is 155 Å². The van der Waals surface area contributed by atoms with E-state index in [1.54, 1.807) is 80.9 Å². The van der Waals surface area contributed by atoms with Crippen LogP contribution in [0, 0.1) is 11.8 Å². The van der Waals surface area contributed by atoms with Gasteiger partial charge in [-0.3, -0.25) is 24.0 Å².